The highest BCUT2D eigenvalue weighted by Gasteiger charge is 2.16. The minimum Gasteiger partial charge on any atom is -0.351 e. The smallest absolute Gasteiger partial charge is 0.230 e. The number of aromatic nitrogens is 3. The topological polar surface area (TPSA) is 59.3 Å². The molecule has 0 bridgehead atoms. The lowest BCUT2D eigenvalue weighted by Gasteiger charge is -2.20. The molecule has 0 radical (unpaired) electrons. The third kappa shape index (κ3) is 3.32. The number of thioether (sulfide) groups is 1. The summed E-state index contributed by atoms with van der Waals surface area (Å²) < 4.78 is 2.03. The van der Waals surface area contributed by atoms with Gasteiger partial charge in [0, 0.05) is 5.54 Å². The van der Waals surface area contributed by atoms with E-state index >= 15 is 0 Å². The summed E-state index contributed by atoms with van der Waals surface area (Å²) in [6.45, 7) is 7.94. The van der Waals surface area contributed by atoms with E-state index < -0.39 is 0 Å². The largest absolute Gasteiger partial charge is 0.351 e. The number of aryl methyl sites for hydroxylation is 1. The molecule has 5 nitrogen and oxygen atoms in total. The molecule has 1 aromatic carbocycles. The average Bonchev–Trinajstić information content (AvgIpc) is 2.88. The van der Waals surface area contributed by atoms with Crippen LogP contribution in [0.2, 0.25) is 0 Å². The van der Waals surface area contributed by atoms with Crippen LogP contribution in [0.1, 0.15) is 26.3 Å². The van der Waals surface area contributed by atoms with Crippen LogP contribution < -0.4 is 5.32 Å². The van der Waals surface area contributed by atoms with E-state index in [0.717, 1.165) is 27.3 Å². The molecule has 0 aliphatic heterocycles. The van der Waals surface area contributed by atoms with Gasteiger partial charge in [0.25, 0.3) is 0 Å². The van der Waals surface area contributed by atoms with Crippen molar-refractivity contribution >= 4 is 34.2 Å². The van der Waals surface area contributed by atoms with E-state index in [-0.39, 0.29) is 11.4 Å². The molecular weight excluding hydrogens is 308 g/mol. The lowest BCUT2D eigenvalue weighted by atomic mass is 10.1. The molecule has 2 aromatic heterocycles. The van der Waals surface area contributed by atoms with Gasteiger partial charge in [0.15, 0.2) is 10.8 Å². The Morgan fingerprint density at radius 3 is 2.74 bits per heavy atom. The van der Waals surface area contributed by atoms with Crippen LogP contribution in [0, 0.1) is 6.92 Å². The molecule has 6 heteroatoms. The first-order chi connectivity index (χ1) is 10.8. The van der Waals surface area contributed by atoms with Crippen molar-refractivity contribution in [1.82, 2.24) is 19.9 Å². The summed E-state index contributed by atoms with van der Waals surface area (Å²) in [4.78, 5) is 12.0. The van der Waals surface area contributed by atoms with Crippen LogP contribution in [0.4, 0.5) is 0 Å². The van der Waals surface area contributed by atoms with Crippen LogP contribution in [-0.4, -0.2) is 31.8 Å². The van der Waals surface area contributed by atoms with Gasteiger partial charge in [0.1, 0.15) is 0 Å². The molecule has 0 fully saturated rings. The molecule has 0 saturated carbocycles. The zero-order valence-electron chi connectivity index (χ0n) is 13.8. The molecule has 0 atom stereocenters. The molecule has 3 rings (SSSR count). The first-order valence-corrected chi connectivity index (χ1v) is 8.51. The van der Waals surface area contributed by atoms with Crippen LogP contribution in [0.3, 0.4) is 0 Å². The number of carbonyl (C=O) groups is 1. The molecule has 0 unspecified atom stereocenters. The first kappa shape index (κ1) is 15.8. The molecule has 0 spiro atoms. The Balaban J connectivity index is 1.94. The van der Waals surface area contributed by atoms with E-state index in [2.05, 4.69) is 27.6 Å². The van der Waals surface area contributed by atoms with Crippen molar-refractivity contribution in [1.29, 1.82) is 0 Å². The number of hydrogen-bond donors (Lipinski definition) is 1. The second kappa shape index (κ2) is 5.85. The highest BCUT2D eigenvalue weighted by Crippen LogP contribution is 2.25. The van der Waals surface area contributed by atoms with Gasteiger partial charge >= 0.3 is 0 Å². The zero-order valence-corrected chi connectivity index (χ0v) is 14.6. The maximum absolute atomic E-state index is 12.0. The summed E-state index contributed by atoms with van der Waals surface area (Å²) in [5.41, 5.74) is 2.73. The van der Waals surface area contributed by atoms with Crippen LogP contribution in [0.25, 0.3) is 16.6 Å². The summed E-state index contributed by atoms with van der Waals surface area (Å²) in [6.07, 6.45) is 0. The van der Waals surface area contributed by atoms with Gasteiger partial charge in [-0.3, -0.25) is 9.20 Å². The van der Waals surface area contributed by atoms with Crippen molar-refractivity contribution in [3.8, 4) is 0 Å². The summed E-state index contributed by atoms with van der Waals surface area (Å²) in [5.74, 6) is 0.316. The van der Waals surface area contributed by atoms with E-state index in [1.807, 2.05) is 50.3 Å². The van der Waals surface area contributed by atoms with E-state index in [1.165, 1.54) is 11.8 Å². The minimum absolute atomic E-state index is 0.00351. The van der Waals surface area contributed by atoms with Gasteiger partial charge < -0.3 is 5.32 Å². The highest BCUT2D eigenvalue weighted by molar-refractivity contribution is 7.99. The molecule has 3 aromatic rings. The quantitative estimate of drug-likeness (QED) is 0.750. The van der Waals surface area contributed by atoms with Crippen LogP contribution in [0.15, 0.2) is 35.5 Å². The number of fused-ring (bicyclic) bond motifs is 3. The van der Waals surface area contributed by atoms with Gasteiger partial charge in [-0.1, -0.05) is 30.0 Å². The van der Waals surface area contributed by atoms with Gasteiger partial charge in [-0.25, -0.2) is 0 Å². The maximum atomic E-state index is 12.0. The number of pyridine rings is 1. The number of rotatable bonds is 3. The summed E-state index contributed by atoms with van der Waals surface area (Å²) >= 11 is 1.41. The zero-order chi connectivity index (χ0) is 16.6. The molecule has 1 amide bonds. The van der Waals surface area contributed by atoms with Gasteiger partial charge in [-0.2, -0.15) is 0 Å². The van der Waals surface area contributed by atoms with E-state index in [9.17, 15) is 4.79 Å². The molecule has 0 saturated heterocycles. The van der Waals surface area contributed by atoms with Crippen LogP contribution in [0.5, 0.6) is 0 Å². The third-order valence-corrected chi connectivity index (χ3v) is 4.31. The molecule has 1 N–H and O–H groups in total. The van der Waals surface area contributed by atoms with Gasteiger partial charge in [0.2, 0.25) is 5.91 Å². The van der Waals surface area contributed by atoms with Crippen molar-refractivity contribution in [2.24, 2.45) is 0 Å². The maximum Gasteiger partial charge on any atom is 0.230 e. The van der Waals surface area contributed by atoms with Crippen molar-refractivity contribution in [2.45, 2.75) is 38.4 Å². The van der Waals surface area contributed by atoms with E-state index in [0.29, 0.717) is 5.75 Å². The number of nitrogens with one attached hydrogen (secondary N) is 1. The van der Waals surface area contributed by atoms with Gasteiger partial charge in [-0.05, 0) is 50.8 Å². The molecule has 23 heavy (non-hydrogen) atoms. The fourth-order valence-electron chi connectivity index (χ4n) is 2.53. The Kier molecular flexibility index (Phi) is 4.02. The minimum atomic E-state index is -0.228. The molecule has 120 valence electrons. The fourth-order valence-corrected chi connectivity index (χ4v) is 3.28. The SMILES string of the molecule is Cc1cc2ccccc2n2c(SCC(=O)NC(C)(C)C)nnc12. The number of para-hydroxylation sites is 1. The first-order valence-electron chi connectivity index (χ1n) is 7.52. The summed E-state index contributed by atoms with van der Waals surface area (Å²) in [5, 5.41) is 13.4. The van der Waals surface area contributed by atoms with Crippen LogP contribution >= 0.6 is 11.8 Å². The van der Waals surface area contributed by atoms with E-state index in [4.69, 9.17) is 0 Å². The van der Waals surface area contributed by atoms with Gasteiger partial charge in [-0.15, -0.1) is 10.2 Å². The number of benzene rings is 1. The molecule has 0 aliphatic carbocycles. The van der Waals surface area contributed by atoms with Crippen molar-refractivity contribution in [3.05, 3.63) is 35.9 Å². The Hall–Kier alpha value is -2.08. The Morgan fingerprint density at radius 1 is 1.26 bits per heavy atom. The lowest BCUT2D eigenvalue weighted by Crippen LogP contribution is -2.41. The normalized spacial score (nSPS) is 12.0. The number of amides is 1. The van der Waals surface area contributed by atoms with Crippen molar-refractivity contribution < 1.29 is 4.79 Å². The monoisotopic (exact) mass is 328 g/mol. The second-order valence-corrected chi connectivity index (χ2v) is 7.56. The third-order valence-electron chi connectivity index (χ3n) is 3.38. The standard InChI is InChI=1S/C17H20N4OS/c1-11-9-12-7-5-6-8-13(12)21-15(11)19-20-16(21)23-10-14(22)18-17(2,3)4/h5-9H,10H2,1-4H3,(H,18,22). The van der Waals surface area contributed by atoms with Crippen LogP contribution in [-0.2, 0) is 4.79 Å². The lowest BCUT2D eigenvalue weighted by molar-refractivity contribution is -0.119. The number of carbonyl (C=O) groups excluding carboxylic acids is 1. The molecule has 2 heterocycles. The fraction of sp³-hybridized carbons (Fsp3) is 0.353. The summed E-state index contributed by atoms with van der Waals surface area (Å²) in [6, 6.07) is 10.2. The molecule has 0 aliphatic rings. The predicted molar refractivity (Wildman–Crippen MR) is 93.8 cm³/mol. The Labute approximate surface area is 139 Å². The van der Waals surface area contributed by atoms with Crippen molar-refractivity contribution in [2.75, 3.05) is 5.75 Å². The molecular formula is C17H20N4OS. The van der Waals surface area contributed by atoms with E-state index in [1.54, 1.807) is 0 Å². The predicted octanol–water partition coefficient (Wildman–Crippen LogP) is 3.20. The highest BCUT2D eigenvalue weighted by atomic mass is 32.2. The van der Waals surface area contributed by atoms with Crippen molar-refractivity contribution in [3.63, 3.8) is 0 Å². The Morgan fingerprint density at radius 2 is 2.00 bits per heavy atom. The van der Waals surface area contributed by atoms with Gasteiger partial charge in [0.05, 0.1) is 11.3 Å². The number of hydrogen-bond acceptors (Lipinski definition) is 4. The summed E-state index contributed by atoms with van der Waals surface area (Å²) in [7, 11) is 0. The Bertz CT molecular complexity index is 879. The number of nitrogens with zero attached hydrogens (tertiary/aromatic N) is 3. The second-order valence-electron chi connectivity index (χ2n) is 6.61. The average molecular weight is 328 g/mol.